The topological polar surface area (TPSA) is 72.2 Å². The Bertz CT molecular complexity index is 901. The van der Waals surface area contributed by atoms with Gasteiger partial charge in [-0.05, 0) is 26.0 Å². The van der Waals surface area contributed by atoms with E-state index in [2.05, 4.69) is 20.7 Å². The summed E-state index contributed by atoms with van der Waals surface area (Å²) in [6.07, 6.45) is 1.66. The monoisotopic (exact) mass is 385 g/mol. The molecule has 26 heavy (non-hydrogen) atoms. The maximum atomic E-state index is 12.0. The number of amides is 1. The van der Waals surface area contributed by atoms with Gasteiger partial charge >= 0.3 is 0 Å². The molecule has 0 aliphatic heterocycles. The maximum Gasteiger partial charge on any atom is 0.250 e. The zero-order valence-corrected chi connectivity index (χ0v) is 16.2. The number of rotatable bonds is 7. The summed E-state index contributed by atoms with van der Waals surface area (Å²) < 4.78 is 2.00. The Labute approximate surface area is 160 Å². The lowest BCUT2D eigenvalue weighted by Crippen LogP contribution is -2.19. The van der Waals surface area contributed by atoms with Crippen LogP contribution in [-0.2, 0) is 11.3 Å². The number of carbonyl (C=O) groups is 1. The molecule has 134 valence electrons. The van der Waals surface area contributed by atoms with Crippen molar-refractivity contribution in [2.45, 2.75) is 25.5 Å². The number of aromatic nitrogens is 3. The van der Waals surface area contributed by atoms with E-state index in [1.54, 1.807) is 17.6 Å². The number of thioether (sulfide) groups is 1. The number of hydrogen-bond acceptors (Lipinski definition) is 6. The Hall–Kier alpha value is -2.45. The highest BCUT2D eigenvalue weighted by Crippen LogP contribution is 2.23. The van der Waals surface area contributed by atoms with E-state index < -0.39 is 0 Å². The van der Waals surface area contributed by atoms with Crippen molar-refractivity contribution in [2.75, 3.05) is 5.75 Å². The molecule has 0 bridgehead atoms. The Morgan fingerprint density at radius 1 is 1.27 bits per heavy atom. The van der Waals surface area contributed by atoms with Crippen LogP contribution in [-0.4, -0.2) is 32.6 Å². The third kappa shape index (κ3) is 4.59. The molecule has 1 amide bonds. The second kappa shape index (κ2) is 8.77. The third-order valence-electron chi connectivity index (χ3n) is 3.54. The van der Waals surface area contributed by atoms with Crippen molar-refractivity contribution in [3.8, 4) is 11.4 Å². The molecule has 0 atom stereocenters. The summed E-state index contributed by atoms with van der Waals surface area (Å²) in [5.41, 5.74) is 3.55. The molecule has 8 heteroatoms. The molecule has 0 saturated heterocycles. The first-order valence-electron chi connectivity index (χ1n) is 8.17. The number of nitrogens with one attached hydrogen (secondary N) is 1. The molecule has 0 radical (unpaired) electrons. The third-order valence-corrected chi connectivity index (χ3v) is 5.44. The molecular formula is C18H19N5OS2. The van der Waals surface area contributed by atoms with Gasteiger partial charge in [-0.2, -0.15) is 5.10 Å². The standard InChI is InChI=1S/C18H19N5OS2/c1-3-23-17(14-7-5-4-6-8-14)21-22-18(23)25-12-16(24)20-19-11-15-10-9-13(2)26-15/h4-11H,3,12H2,1-2H3,(H,20,24)/b19-11+. The number of aryl methyl sites for hydroxylation is 1. The van der Waals surface area contributed by atoms with Crippen LogP contribution in [0.15, 0.2) is 52.7 Å². The normalized spacial score (nSPS) is 11.2. The highest BCUT2D eigenvalue weighted by Gasteiger charge is 2.14. The van der Waals surface area contributed by atoms with Crippen molar-refractivity contribution < 1.29 is 4.79 Å². The van der Waals surface area contributed by atoms with Gasteiger partial charge in [0, 0.05) is 21.9 Å². The highest BCUT2D eigenvalue weighted by molar-refractivity contribution is 7.99. The number of thiophene rings is 1. The summed E-state index contributed by atoms with van der Waals surface area (Å²) in [4.78, 5) is 14.2. The molecule has 0 aliphatic rings. The second-order valence-electron chi connectivity index (χ2n) is 5.45. The number of nitrogens with zero attached hydrogens (tertiary/aromatic N) is 4. The minimum atomic E-state index is -0.175. The van der Waals surface area contributed by atoms with Gasteiger partial charge in [0.05, 0.1) is 12.0 Å². The molecule has 2 aromatic heterocycles. The van der Waals surface area contributed by atoms with Crippen LogP contribution in [0.4, 0.5) is 0 Å². The van der Waals surface area contributed by atoms with Gasteiger partial charge < -0.3 is 4.57 Å². The van der Waals surface area contributed by atoms with E-state index in [1.165, 1.54) is 16.6 Å². The molecule has 0 aliphatic carbocycles. The van der Waals surface area contributed by atoms with Crippen LogP contribution in [0.1, 0.15) is 16.7 Å². The summed E-state index contributed by atoms with van der Waals surface area (Å²) in [6.45, 7) is 4.80. The fourth-order valence-electron chi connectivity index (χ4n) is 2.33. The van der Waals surface area contributed by atoms with Crippen LogP contribution in [0.3, 0.4) is 0 Å². The quantitative estimate of drug-likeness (QED) is 0.383. The average Bonchev–Trinajstić information content (AvgIpc) is 3.26. The molecule has 0 saturated carbocycles. The number of hydrogen-bond donors (Lipinski definition) is 1. The van der Waals surface area contributed by atoms with E-state index in [0.29, 0.717) is 0 Å². The molecule has 3 aromatic rings. The molecule has 0 fully saturated rings. The minimum absolute atomic E-state index is 0.175. The Morgan fingerprint density at radius 2 is 2.08 bits per heavy atom. The lowest BCUT2D eigenvalue weighted by Gasteiger charge is -2.06. The summed E-state index contributed by atoms with van der Waals surface area (Å²) in [5, 5.41) is 13.2. The van der Waals surface area contributed by atoms with Crippen LogP contribution >= 0.6 is 23.1 Å². The van der Waals surface area contributed by atoms with E-state index in [4.69, 9.17) is 0 Å². The van der Waals surface area contributed by atoms with Gasteiger partial charge in [0.2, 0.25) is 0 Å². The summed E-state index contributed by atoms with van der Waals surface area (Å²) in [6, 6.07) is 13.9. The van der Waals surface area contributed by atoms with E-state index in [0.717, 1.165) is 28.0 Å². The number of benzene rings is 1. The van der Waals surface area contributed by atoms with E-state index >= 15 is 0 Å². The van der Waals surface area contributed by atoms with Gasteiger partial charge in [-0.3, -0.25) is 4.79 Å². The first-order valence-corrected chi connectivity index (χ1v) is 9.97. The van der Waals surface area contributed by atoms with E-state index in [1.807, 2.05) is 60.9 Å². The van der Waals surface area contributed by atoms with Crippen molar-refractivity contribution >= 4 is 35.2 Å². The van der Waals surface area contributed by atoms with Gasteiger partial charge in [0.25, 0.3) is 5.91 Å². The van der Waals surface area contributed by atoms with Gasteiger partial charge in [0.1, 0.15) is 0 Å². The van der Waals surface area contributed by atoms with Crippen molar-refractivity contribution in [3.63, 3.8) is 0 Å². The summed E-state index contributed by atoms with van der Waals surface area (Å²) >= 11 is 2.98. The molecule has 0 unspecified atom stereocenters. The zero-order valence-electron chi connectivity index (χ0n) is 14.5. The highest BCUT2D eigenvalue weighted by atomic mass is 32.2. The predicted molar refractivity (Wildman–Crippen MR) is 107 cm³/mol. The van der Waals surface area contributed by atoms with Crippen molar-refractivity contribution in [1.29, 1.82) is 0 Å². The molecule has 0 spiro atoms. The minimum Gasteiger partial charge on any atom is -0.302 e. The van der Waals surface area contributed by atoms with Crippen LogP contribution in [0.25, 0.3) is 11.4 Å². The van der Waals surface area contributed by atoms with E-state index in [9.17, 15) is 4.79 Å². The molecule has 1 N–H and O–H groups in total. The first kappa shape index (κ1) is 18.3. The Kier molecular flexibility index (Phi) is 6.19. The fourth-order valence-corrected chi connectivity index (χ4v) is 3.88. The molecule has 3 rings (SSSR count). The maximum absolute atomic E-state index is 12.0. The second-order valence-corrected chi connectivity index (χ2v) is 7.71. The predicted octanol–water partition coefficient (Wildman–Crippen LogP) is 3.58. The zero-order chi connectivity index (χ0) is 18.4. The van der Waals surface area contributed by atoms with Gasteiger partial charge in [0.15, 0.2) is 11.0 Å². The smallest absolute Gasteiger partial charge is 0.250 e. The van der Waals surface area contributed by atoms with Crippen LogP contribution < -0.4 is 5.43 Å². The van der Waals surface area contributed by atoms with Crippen molar-refractivity contribution in [1.82, 2.24) is 20.2 Å². The SMILES string of the molecule is CCn1c(SCC(=O)N/N=C/c2ccc(C)s2)nnc1-c1ccccc1. The Morgan fingerprint density at radius 3 is 2.77 bits per heavy atom. The lowest BCUT2D eigenvalue weighted by molar-refractivity contribution is -0.118. The van der Waals surface area contributed by atoms with Crippen LogP contribution in [0.5, 0.6) is 0 Å². The molecule has 2 heterocycles. The molecular weight excluding hydrogens is 366 g/mol. The average molecular weight is 386 g/mol. The van der Waals surface area contributed by atoms with Crippen LogP contribution in [0.2, 0.25) is 0 Å². The van der Waals surface area contributed by atoms with Crippen molar-refractivity contribution in [2.24, 2.45) is 5.10 Å². The largest absolute Gasteiger partial charge is 0.302 e. The van der Waals surface area contributed by atoms with Gasteiger partial charge in [-0.15, -0.1) is 21.5 Å². The number of carbonyl (C=O) groups excluding carboxylic acids is 1. The lowest BCUT2D eigenvalue weighted by atomic mass is 10.2. The van der Waals surface area contributed by atoms with E-state index in [-0.39, 0.29) is 11.7 Å². The summed E-state index contributed by atoms with van der Waals surface area (Å²) in [5.74, 6) is 0.863. The summed E-state index contributed by atoms with van der Waals surface area (Å²) in [7, 11) is 0. The van der Waals surface area contributed by atoms with Crippen molar-refractivity contribution in [3.05, 3.63) is 52.2 Å². The Balaban J connectivity index is 1.58. The first-order chi connectivity index (χ1) is 12.7. The van der Waals surface area contributed by atoms with Crippen LogP contribution in [0, 0.1) is 6.92 Å². The van der Waals surface area contributed by atoms with Gasteiger partial charge in [-0.1, -0.05) is 42.1 Å². The molecule has 1 aromatic carbocycles. The fraction of sp³-hybridized carbons (Fsp3) is 0.222. The molecule has 6 nitrogen and oxygen atoms in total. The van der Waals surface area contributed by atoms with Gasteiger partial charge in [-0.25, -0.2) is 5.43 Å². The number of hydrazone groups is 1.